The van der Waals surface area contributed by atoms with E-state index in [9.17, 15) is 19.7 Å². The Morgan fingerprint density at radius 1 is 1.20 bits per heavy atom. The predicted molar refractivity (Wildman–Crippen MR) is 110 cm³/mol. The number of nitro benzene ring substituents is 1. The summed E-state index contributed by atoms with van der Waals surface area (Å²) in [7, 11) is 0. The van der Waals surface area contributed by atoms with Crippen LogP contribution in [-0.4, -0.2) is 30.2 Å². The molecule has 1 N–H and O–H groups in total. The first kappa shape index (κ1) is 19.3. The van der Waals surface area contributed by atoms with E-state index in [2.05, 4.69) is 15.4 Å². The Bertz CT molecular complexity index is 1350. The fourth-order valence-corrected chi connectivity index (χ4v) is 3.10. The summed E-state index contributed by atoms with van der Waals surface area (Å²) in [5, 5.41) is 18.3. The second-order valence-electron chi connectivity index (χ2n) is 6.31. The lowest BCUT2D eigenvalue weighted by atomic mass is 10.3. The van der Waals surface area contributed by atoms with Gasteiger partial charge in [-0.05, 0) is 24.3 Å². The minimum absolute atomic E-state index is 0.151. The van der Waals surface area contributed by atoms with E-state index in [1.807, 2.05) is 0 Å². The van der Waals surface area contributed by atoms with Crippen LogP contribution in [0.4, 0.5) is 11.4 Å². The van der Waals surface area contributed by atoms with Crippen LogP contribution < -0.4 is 10.9 Å². The molecule has 0 aliphatic rings. The predicted octanol–water partition coefficient (Wildman–Crippen LogP) is 2.78. The van der Waals surface area contributed by atoms with Crippen molar-refractivity contribution in [1.29, 1.82) is 0 Å². The SMILES string of the molecule is O=C(Cn1cnc2c(cnn2-c2cccc(Cl)c2)c1=O)Nc1cccc([N+](=O)[O-])c1. The number of carbonyl (C=O) groups excluding carboxylic acids is 1. The van der Waals surface area contributed by atoms with E-state index in [1.54, 1.807) is 24.3 Å². The Hall–Kier alpha value is -4.05. The first-order valence-corrected chi connectivity index (χ1v) is 9.03. The highest BCUT2D eigenvalue weighted by Crippen LogP contribution is 2.18. The summed E-state index contributed by atoms with van der Waals surface area (Å²) in [4.78, 5) is 39.6. The summed E-state index contributed by atoms with van der Waals surface area (Å²) < 4.78 is 2.62. The van der Waals surface area contributed by atoms with E-state index >= 15 is 0 Å². The van der Waals surface area contributed by atoms with E-state index in [0.29, 0.717) is 16.4 Å². The minimum atomic E-state index is -0.560. The van der Waals surface area contributed by atoms with Gasteiger partial charge in [-0.15, -0.1) is 0 Å². The van der Waals surface area contributed by atoms with Crippen molar-refractivity contribution in [1.82, 2.24) is 19.3 Å². The Kier molecular flexibility index (Phi) is 4.98. The summed E-state index contributed by atoms with van der Waals surface area (Å²) >= 11 is 6.01. The number of halogens is 1. The number of nitro groups is 1. The van der Waals surface area contributed by atoms with Gasteiger partial charge in [0.05, 0.1) is 16.8 Å². The van der Waals surface area contributed by atoms with Crippen molar-refractivity contribution >= 4 is 39.9 Å². The van der Waals surface area contributed by atoms with Gasteiger partial charge in [-0.3, -0.25) is 24.3 Å². The number of aromatic nitrogens is 4. The summed E-state index contributed by atoms with van der Waals surface area (Å²) in [6.07, 6.45) is 2.63. The monoisotopic (exact) mass is 424 g/mol. The molecule has 4 aromatic rings. The van der Waals surface area contributed by atoms with Gasteiger partial charge in [0.25, 0.3) is 11.2 Å². The van der Waals surface area contributed by atoms with Gasteiger partial charge >= 0.3 is 0 Å². The Labute approximate surface area is 173 Å². The van der Waals surface area contributed by atoms with Gasteiger partial charge in [-0.1, -0.05) is 23.7 Å². The maximum atomic E-state index is 12.7. The van der Waals surface area contributed by atoms with E-state index in [-0.39, 0.29) is 23.3 Å². The topological polar surface area (TPSA) is 125 Å². The average molecular weight is 425 g/mol. The minimum Gasteiger partial charge on any atom is -0.324 e. The molecule has 10 nitrogen and oxygen atoms in total. The smallest absolute Gasteiger partial charge is 0.271 e. The number of carbonyl (C=O) groups is 1. The Balaban J connectivity index is 1.59. The zero-order chi connectivity index (χ0) is 21.3. The van der Waals surface area contributed by atoms with Crippen LogP contribution in [-0.2, 0) is 11.3 Å². The summed E-state index contributed by atoms with van der Waals surface area (Å²) in [5.41, 5.74) is 0.636. The molecule has 2 aromatic heterocycles. The van der Waals surface area contributed by atoms with Crippen molar-refractivity contribution in [2.75, 3.05) is 5.32 Å². The lowest BCUT2D eigenvalue weighted by molar-refractivity contribution is -0.384. The lowest BCUT2D eigenvalue weighted by Crippen LogP contribution is -2.27. The number of hydrogen-bond donors (Lipinski definition) is 1. The second kappa shape index (κ2) is 7.76. The average Bonchev–Trinajstić information content (AvgIpc) is 3.15. The van der Waals surface area contributed by atoms with E-state index in [4.69, 9.17) is 11.6 Å². The number of non-ortho nitro benzene ring substituents is 1. The van der Waals surface area contributed by atoms with Gasteiger partial charge in [0.1, 0.15) is 18.3 Å². The van der Waals surface area contributed by atoms with Gasteiger partial charge in [0.2, 0.25) is 5.91 Å². The normalized spacial score (nSPS) is 10.8. The first-order chi connectivity index (χ1) is 14.4. The van der Waals surface area contributed by atoms with Crippen LogP contribution in [0.1, 0.15) is 0 Å². The fourth-order valence-electron chi connectivity index (χ4n) is 2.91. The number of rotatable bonds is 5. The van der Waals surface area contributed by atoms with Crippen molar-refractivity contribution in [3.05, 3.63) is 86.5 Å². The van der Waals surface area contributed by atoms with Gasteiger partial charge < -0.3 is 5.32 Å². The summed E-state index contributed by atoms with van der Waals surface area (Å²) in [6, 6.07) is 12.5. The van der Waals surface area contributed by atoms with Gasteiger partial charge in [-0.2, -0.15) is 5.10 Å². The fraction of sp³-hybridized carbons (Fsp3) is 0.0526. The van der Waals surface area contributed by atoms with Crippen LogP contribution in [0.2, 0.25) is 5.02 Å². The molecule has 0 saturated heterocycles. The van der Waals surface area contributed by atoms with Crippen LogP contribution >= 0.6 is 11.6 Å². The quantitative estimate of drug-likeness (QED) is 0.388. The molecule has 4 rings (SSSR count). The van der Waals surface area contributed by atoms with E-state index in [1.165, 1.54) is 41.5 Å². The van der Waals surface area contributed by atoms with E-state index in [0.717, 1.165) is 4.57 Å². The molecular formula is C19H13ClN6O4. The molecule has 2 heterocycles. The van der Waals surface area contributed by atoms with E-state index < -0.39 is 16.4 Å². The number of amides is 1. The third-order valence-electron chi connectivity index (χ3n) is 4.26. The standard InChI is InChI=1S/C19H13ClN6O4/c20-12-3-1-5-14(7-12)25-18-16(9-22-25)19(28)24(11-21-18)10-17(27)23-13-4-2-6-15(8-13)26(29)30/h1-9,11H,10H2,(H,23,27). The van der Waals surface area contributed by atoms with Crippen LogP contribution in [0.3, 0.4) is 0 Å². The molecule has 0 bridgehead atoms. The number of hydrogen-bond acceptors (Lipinski definition) is 6. The van der Waals surface area contributed by atoms with Gasteiger partial charge in [-0.25, -0.2) is 9.67 Å². The maximum absolute atomic E-state index is 12.7. The molecule has 150 valence electrons. The first-order valence-electron chi connectivity index (χ1n) is 8.66. The van der Waals surface area contributed by atoms with Gasteiger partial charge in [0.15, 0.2) is 5.65 Å². The zero-order valence-corrected chi connectivity index (χ0v) is 16.0. The van der Waals surface area contributed by atoms with Crippen LogP contribution in [0.25, 0.3) is 16.7 Å². The lowest BCUT2D eigenvalue weighted by Gasteiger charge is -2.08. The molecule has 0 unspecified atom stereocenters. The number of nitrogens with zero attached hydrogens (tertiary/aromatic N) is 5. The third kappa shape index (κ3) is 3.76. The molecule has 0 spiro atoms. The molecule has 11 heteroatoms. The number of fused-ring (bicyclic) bond motifs is 1. The van der Waals surface area contributed by atoms with Crippen molar-refractivity contribution in [3.8, 4) is 5.69 Å². The molecule has 0 aliphatic heterocycles. The molecule has 0 radical (unpaired) electrons. The van der Waals surface area contributed by atoms with Crippen LogP contribution in [0.15, 0.2) is 65.8 Å². The van der Waals surface area contributed by atoms with Crippen molar-refractivity contribution < 1.29 is 9.72 Å². The molecule has 0 saturated carbocycles. The maximum Gasteiger partial charge on any atom is 0.271 e. The molecule has 2 aromatic carbocycles. The number of anilines is 1. The van der Waals surface area contributed by atoms with Crippen molar-refractivity contribution in [2.24, 2.45) is 0 Å². The number of benzene rings is 2. The molecule has 0 aliphatic carbocycles. The Morgan fingerprint density at radius 2 is 2.00 bits per heavy atom. The molecule has 0 atom stereocenters. The molecule has 1 amide bonds. The van der Waals surface area contributed by atoms with Gasteiger partial charge in [0, 0.05) is 22.8 Å². The second-order valence-corrected chi connectivity index (χ2v) is 6.74. The largest absolute Gasteiger partial charge is 0.324 e. The highest BCUT2D eigenvalue weighted by molar-refractivity contribution is 6.30. The van der Waals surface area contributed by atoms with Crippen molar-refractivity contribution in [3.63, 3.8) is 0 Å². The summed E-state index contributed by atoms with van der Waals surface area (Å²) in [6.45, 7) is -0.313. The number of nitrogens with one attached hydrogen (secondary N) is 1. The highest BCUT2D eigenvalue weighted by atomic mass is 35.5. The molecule has 0 fully saturated rings. The molecular weight excluding hydrogens is 412 g/mol. The summed E-state index contributed by atoms with van der Waals surface area (Å²) in [5.74, 6) is -0.527. The van der Waals surface area contributed by atoms with Crippen LogP contribution in [0, 0.1) is 10.1 Å². The third-order valence-corrected chi connectivity index (χ3v) is 4.50. The van der Waals surface area contributed by atoms with Crippen LogP contribution in [0.5, 0.6) is 0 Å². The zero-order valence-electron chi connectivity index (χ0n) is 15.2. The molecule has 30 heavy (non-hydrogen) atoms. The Morgan fingerprint density at radius 3 is 2.77 bits per heavy atom. The highest BCUT2D eigenvalue weighted by Gasteiger charge is 2.14. The van der Waals surface area contributed by atoms with Crippen molar-refractivity contribution in [2.45, 2.75) is 6.54 Å².